The number of piperidine rings is 1. The number of anilines is 2. The average Bonchev–Trinajstić information content (AvgIpc) is 3.81. The van der Waals surface area contributed by atoms with Crippen molar-refractivity contribution in [2.75, 3.05) is 49.1 Å². The first-order valence-corrected chi connectivity index (χ1v) is 19.7. The lowest BCUT2D eigenvalue weighted by molar-refractivity contribution is -0.136. The Bertz CT molecular complexity index is 2260. The van der Waals surface area contributed by atoms with Crippen LogP contribution < -0.4 is 25.6 Å². The van der Waals surface area contributed by atoms with E-state index >= 15 is 4.39 Å². The molecule has 15 nitrogen and oxygen atoms in total. The Morgan fingerprint density at radius 2 is 1.60 bits per heavy atom. The van der Waals surface area contributed by atoms with Crippen LogP contribution in [0.3, 0.4) is 0 Å². The zero-order valence-corrected chi connectivity index (χ0v) is 31.6. The number of imide groups is 2. The van der Waals surface area contributed by atoms with E-state index in [0.29, 0.717) is 53.1 Å². The second-order valence-corrected chi connectivity index (χ2v) is 16.4. The number of nitrogens with two attached hydrogens (primary N) is 1. The van der Waals surface area contributed by atoms with Crippen molar-refractivity contribution in [2.45, 2.75) is 62.6 Å². The molecule has 6 aliphatic rings. The van der Waals surface area contributed by atoms with Gasteiger partial charge in [0.1, 0.15) is 23.7 Å². The van der Waals surface area contributed by atoms with E-state index in [9.17, 15) is 24.0 Å². The van der Waals surface area contributed by atoms with Crippen molar-refractivity contribution in [1.29, 1.82) is 5.26 Å². The molecule has 1 saturated carbocycles. The lowest BCUT2D eigenvalue weighted by Crippen LogP contribution is -2.59. The van der Waals surface area contributed by atoms with Gasteiger partial charge in [-0.2, -0.15) is 5.26 Å². The van der Waals surface area contributed by atoms with Gasteiger partial charge in [-0.1, -0.05) is 11.6 Å². The molecule has 3 unspecified atom stereocenters. The molecule has 0 spiro atoms. The van der Waals surface area contributed by atoms with Gasteiger partial charge >= 0.3 is 0 Å². The Morgan fingerprint density at radius 1 is 0.895 bits per heavy atom. The lowest BCUT2D eigenvalue weighted by atomic mass is 9.82. The summed E-state index contributed by atoms with van der Waals surface area (Å²) in [6, 6.07) is 10.8. The van der Waals surface area contributed by atoms with E-state index in [1.54, 1.807) is 18.2 Å². The van der Waals surface area contributed by atoms with E-state index in [1.165, 1.54) is 6.07 Å². The number of primary amides is 1. The van der Waals surface area contributed by atoms with Gasteiger partial charge in [-0.05, 0) is 85.8 Å². The van der Waals surface area contributed by atoms with Crippen LogP contribution in [0.25, 0.3) is 0 Å². The fourth-order valence-electron chi connectivity index (χ4n) is 9.52. The lowest BCUT2D eigenvalue weighted by Gasteiger charge is -2.45. The Balaban J connectivity index is 0.800. The van der Waals surface area contributed by atoms with Crippen LogP contribution in [0.4, 0.5) is 15.9 Å². The van der Waals surface area contributed by atoms with E-state index in [1.807, 2.05) is 11.0 Å². The number of nitrogens with zero attached hydrogens (tertiary/aromatic N) is 7. The summed E-state index contributed by atoms with van der Waals surface area (Å²) >= 11 is 6.19. The minimum absolute atomic E-state index is 0.00765. The summed E-state index contributed by atoms with van der Waals surface area (Å²) in [6.45, 7) is 4.38. The van der Waals surface area contributed by atoms with Gasteiger partial charge in [0, 0.05) is 57.8 Å². The molecule has 5 aliphatic heterocycles. The van der Waals surface area contributed by atoms with E-state index < -0.39 is 41.4 Å². The zero-order valence-electron chi connectivity index (χ0n) is 30.8. The maximum Gasteiger partial charge on any atom is 0.269 e. The first kappa shape index (κ1) is 36.9. The molecule has 5 fully saturated rings. The van der Waals surface area contributed by atoms with Crippen molar-refractivity contribution in [3.8, 4) is 11.8 Å². The van der Waals surface area contributed by atoms with E-state index in [4.69, 9.17) is 27.3 Å². The number of rotatable bonds is 8. The van der Waals surface area contributed by atoms with Gasteiger partial charge < -0.3 is 20.3 Å². The molecule has 0 radical (unpaired) electrons. The summed E-state index contributed by atoms with van der Waals surface area (Å²) in [6.07, 6.45) is 3.09. The molecule has 6 heterocycles. The van der Waals surface area contributed by atoms with E-state index in [0.717, 1.165) is 68.4 Å². The molecular formula is C40H39ClFN9O6. The molecule has 5 amide bonds. The summed E-state index contributed by atoms with van der Waals surface area (Å²) in [4.78, 5) is 70.4. The van der Waals surface area contributed by atoms with Crippen molar-refractivity contribution < 1.29 is 33.1 Å². The van der Waals surface area contributed by atoms with E-state index in [2.05, 4.69) is 31.4 Å². The molecule has 17 heteroatoms. The number of hydrogen-bond acceptors (Lipinski definition) is 12. The number of fused-ring (bicyclic) bond motifs is 2. The topological polar surface area (TPSA) is 195 Å². The molecule has 0 bridgehead atoms. The molecule has 2 aromatic carbocycles. The van der Waals surface area contributed by atoms with Crippen molar-refractivity contribution in [2.24, 2.45) is 17.6 Å². The number of carbonyl (C=O) groups excluding carboxylic acids is 5. The second-order valence-electron chi connectivity index (χ2n) is 15.9. The first-order chi connectivity index (χ1) is 27.4. The normalized spacial score (nSPS) is 26.3. The minimum Gasteiger partial charge on any atom is -0.490 e. The highest BCUT2D eigenvalue weighted by atomic mass is 35.5. The standard InChI is InChI=1S/C40H39ClFN9O6/c41-30-9-26(6-3-21(30)13-43)57-25-4-1-20(2-5-25)27-12-34(46-47-36(27)37(44)53)50-18-24(19-50)48-14-22-16-49(17-23(22)15-48)33-11-29-28(10-31(33)42)39(55)51(40(29)56)32-7-8-35(52)45-38(32)54/h3,6,9-12,20,22-25,32H,1-2,4-5,7-8,14-19H2,(H2,44,53)(H,45,52,54). The molecule has 1 aliphatic carbocycles. The molecule has 3 N–H and O–H groups in total. The molecule has 3 atom stereocenters. The van der Waals surface area contributed by atoms with Crippen LogP contribution in [0.15, 0.2) is 36.4 Å². The van der Waals surface area contributed by atoms with Gasteiger partial charge in [-0.3, -0.25) is 39.1 Å². The van der Waals surface area contributed by atoms with Gasteiger partial charge in [-0.25, -0.2) is 4.39 Å². The Morgan fingerprint density at radius 3 is 2.25 bits per heavy atom. The highest BCUT2D eigenvalue weighted by Gasteiger charge is 2.48. The molecule has 4 saturated heterocycles. The van der Waals surface area contributed by atoms with Gasteiger partial charge in [-0.15, -0.1) is 10.2 Å². The molecule has 57 heavy (non-hydrogen) atoms. The first-order valence-electron chi connectivity index (χ1n) is 19.3. The quantitative estimate of drug-likeness (QED) is 0.317. The molecule has 3 aromatic rings. The number of likely N-dealkylation sites (tertiary alicyclic amines) is 1. The van der Waals surface area contributed by atoms with Gasteiger partial charge in [0.15, 0.2) is 11.5 Å². The maximum atomic E-state index is 15.6. The number of nitriles is 1. The highest BCUT2D eigenvalue weighted by Crippen LogP contribution is 2.41. The number of amides is 5. The van der Waals surface area contributed by atoms with Crippen LogP contribution in [-0.2, 0) is 9.59 Å². The van der Waals surface area contributed by atoms with Crippen molar-refractivity contribution >= 4 is 52.6 Å². The summed E-state index contributed by atoms with van der Waals surface area (Å²) < 4.78 is 21.7. The van der Waals surface area contributed by atoms with E-state index in [-0.39, 0.29) is 47.4 Å². The van der Waals surface area contributed by atoms with Crippen LogP contribution in [0.5, 0.6) is 5.75 Å². The zero-order chi connectivity index (χ0) is 39.7. The summed E-state index contributed by atoms with van der Waals surface area (Å²) in [7, 11) is 0. The third-order valence-electron chi connectivity index (χ3n) is 12.6. The Hall–Kier alpha value is -5.66. The van der Waals surface area contributed by atoms with Gasteiger partial charge in [0.25, 0.3) is 17.7 Å². The number of ether oxygens (including phenoxy) is 1. The Kier molecular flexibility index (Phi) is 9.32. The third kappa shape index (κ3) is 6.62. The molecule has 1 aromatic heterocycles. The minimum atomic E-state index is -1.11. The fraction of sp³-hybridized carbons (Fsp3) is 0.450. The average molecular weight is 796 g/mol. The monoisotopic (exact) mass is 795 g/mol. The van der Waals surface area contributed by atoms with Crippen LogP contribution in [0, 0.1) is 29.0 Å². The van der Waals surface area contributed by atoms with Crippen LogP contribution in [0.1, 0.15) is 86.8 Å². The largest absolute Gasteiger partial charge is 0.490 e. The predicted molar refractivity (Wildman–Crippen MR) is 202 cm³/mol. The summed E-state index contributed by atoms with van der Waals surface area (Å²) in [5.74, 6) is -1.78. The third-order valence-corrected chi connectivity index (χ3v) is 12.9. The fourth-order valence-corrected chi connectivity index (χ4v) is 9.73. The highest BCUT2D eigenvalue weighted by molar-refractivity contribution is 6.31. The van der Waals surface area contributed by atoms with Crippen LogP contribution in [0.2, 0.25) is 5.02 Å². The number of aromatic nitrogens is 2. The number of halogens is 2. The smallest absolute Gasteiger partial charge is 0.269 e. The number of carbonyl (C=O) groups is 5. The van der Waals surface area contributed by atoms with Crippen LogP contribution in [-0.4, -0.2) is 107 Å². The number of nitrogens with one attached hydrogen (secondary N) is 1. The van der Waals surface area contributed by atoms with Crippen molar-refractivity contribution in [3.05, 3.63) is 75.2 Å². The summed E-state index contributed by atoms with van der Waals surface area (Å²) in [5, 5.41) is 20.4. The molecule has 9 rings (SSSR count). The number of hydrogen-bond donors (Lipinski definition) is 2. The SMILES string of the molecule is N#Cc1ccc(OC2CCC(c3cc(N4CC(N5CC6CN(c7cc8c(cc7F)C(=O)N(C7CCC(=O)NC7=O)C8=O)CC6C5)C4)nnc3C(N)=O)CC2)cc1Cl. The molecular weight excluding hydrogens is 757 g/mol. The second kappa shape index (κ2) is 14.4. The van der Waals surface area contributed by atoms with Crippen molar-refractivity contribution in [1.82, 2.24) is 25.3 Å². The summed E-state index contributed by atoms with van der Waals surface area (Å²) in [5.41, 5.74) is 7.40. The van der Waals surface area contributed by atoms with Gasteiger partial charge in [0.05, 0.1) is 33.5 Å². The molecule has 294 valence electrons. The number of benzene rings is 2. The predicted octanol–water partition coefficient (Wildman–Crippen LogP) is 3.00. The van der Waals surface area contributed by atoms with Crippen molar-refractivity contribution in [3.63, 3.8) is 0 Å². The van der Waals surface area contributed by atoms with Gasteiger partial charge in [0.2, 0.25) is 11.8 Å². The Labute approximate surface area is 331 Å². The maximum absolute atomic E-state index is 15.6. The van der Waals surface area contributed by atoms with Crippen LogP contribution >= 0.6 is 11.6 Å².